The third-order valence-corrected chi connectivity index (χ3v) is 4.83. The largest absolute Gasteiger partial charge is 0.345 e. The average Bonchev–Trinajstić information content (AvgIpc) is 3.11. The number of hydrogen-bond donors (Lipinski definition) is 4. The number of aromatic amines is 2. The number of H-pyrrole nitrogens is 2. The summed E-state index contributed by atoms with van der Waals surface area (Å²) in [6.45, 7) is -0.281. The van der Waals surface area contributed by atoms with E-state index in [1.165, 1.54) is 12.1 Å². The van der Waals surface area contributed by atoms with Crippen LogP contribution in [0.15, 0.2) is 58.3 Å². The van der Waals surface area contributed by atoms with Crippen LogP contribution in [0.2, 0.25) is 5.02 Å². The molecule has 2 amide bonds. The summed E-state index contributed by atoms with van der Waals surface area (Å²) in [6.07, 6.45) is 1.76. The standard InChI is InChI=1S/C20H16ClN5O4/c21-12-5-4-11-6-7-26(15(11)8-12)10-17(28)22-9-16(27)23-14-3-1-2-13-18(14)20(30)25-24-19(13)29/h1-8H,9-10H2,(H,22,28)(H,23,27)(H,24,29)(H,25,30). The van der Waals surface area contributed by atoms with Crippen LogP contribution in [0, 0.1) is 0 Å². The summed E-state index contributed by atoms with van der Waals surface area (Å²) in [5.41, 5.74) is -0.0248. The topological polar surface area (TPSA) is 129 Å². The highest BCUT2D eigenvalue weighted by molar-refractivity contribution is 6.31. The molecule has 10 heteroatoms. The van der Waals surface area contributed by atoms with Gasteiger partial charge in [-0.05, 0) is 35.7 Å². The second kappa shape index (κ2) is 7.88. The summed E-state index contributed by atoms with van der Waals surface area (Å²) in [6, 6.07) is 11.8. The van der Waals surface area contributed by atoms with Crippen LogP contribution in [0.1, 0.15) is 0 Å². The highest BCUT2D eigenvalue weighted by Crippen LogP contribution is 2.20. The number of fused-ring (bicyclic) bond motifs is 2. The number of aromatic nitrogens is 3. The van der Waals surface area contributed by atoms with E-state index in [0.717, 1.165) is 10.9 Å². The lowest BCUT2D eigenvalue weighted by atomic mass is 10.1. The third kappa shape index (κ3) is 3.83. The molecule has 30 heavy (non-hydrogen) atoms. The van der Waals surface area contributed by atoms with Crippen molar-refractivity contribution >= 4 is 50.8 Å². The minimum absolute atomic E-state index is 0.0143. The molecule has 0 bridgehead atoms. The van der Waals surface area contributed by atoms with Gasteiger partial charge in [-0.3, -0.25) is 29.4 Å². The Morgan fingerprint density at radius 1 is 1.00 bits per heavy atom. The molecule has 0 aliphatic rings. The van der Waals surface area contributed by atoms with Gasteiger partial charge in [0, 0.05) is 16.7 Å². The molecule has 0 atom stereocenters. The van der Waals surface area contributed by atoms with E-state index in [1.807, 2.05) is 12.1 Å². The quantitative estimate of drug-likeness (QED) is 0.387. The lowest BCUT2D eigenvalue weighted by Gasteiger charge is -2.10. The first-order valence-electron chi connectivity index (χ1n) is 8.97. The van der Waals surface area contributed by atoms with Crippen molar-refractivity contribution in [3.8, 4) is 0 Å². The Hall–Kier alpha value is -3.85. The molecule has 0 spiro atoms. The maximum absolute atomic E-state index is 12.3. The molecule has 0 aliphatic carbocycles. The monoisotopic (exact) mass is 425 g/mol. The fraction of sp³-hybridized carbons (Fsp3) is 0.100. The van der Waals surface area contributed by atoms with Gasteiger partial charge in [0.2, 0.25) is 11.8 Å². The van der Waals surface area contributed by atoms with Crippen LogP contribution in [-0.4, -0.2) is 33.1 Å². The Bertz CT molecular complexity index is 1400. The molecule has 2 aromatic carbocycles. The zero-order chi connectivity index (χ0) is 21.3. The van der Waals surface area contributed by atoms with Crippen LogP contribution in [0.5, 0.6) is 0 Å². The number of carbonyl (C=O) groups excluding carboxylic acids is 2. The Balaban J connectivity index is 1.43. The summed E-state index contributed by atoms with van der Waals surface area (Å²) >= 11 is 6.01. The minimum atomic E-state index is -0.539. The SMILES string of the molecule is O=C(Cn1ccc2ccc(Cl)cc21)NCC(=O)Nc1cccc2c(=O)[nH][nH]c(=O)c12. The van der Waals surface area contributed by atoms with Crippen molar-refractivity contribution in [1.82, 2.24) is 20.1 Å². The van der Waals surface area contributed by atoms with Gasteiger partial charge in [0.1, 0.15) is 6.54 Å². The van der Waals surface area contributed by atoms with Crippen molar-refractivity contribution in [1.29, 1.82) is 0 Å². The van der Waals surface area contributed by atoms with Gasteiger partial charge in [-0.1, -0.05) is 23.7 Å². The second-order valence-corrected chi connectivity index (χ2v) is 7.04. The molecule has 2 aromatic heterocycles. The van der Waals surface area contributed by atoms with Gasteiger partial charge >= 0.3 is 0 Å². The third-order valence-electron chi connectivity index (χ3n) is 4.60. The number of nitrogens with zero attached hydrogens (tertiary/aromatic N) is 1. The Labute approximate surface area is 173 Å². The van der Waals surface area contributed by atoms with E-state index in [4.69, 9.17) is 11.6 Å². The number of nitrogens with one attached hydrogen (secondary N) is 4. The smallest absolute Gasteiger partial charge is 0.272 e. The van der Waals surface area contributed by atoms with Gasteiger partial charge in [0.25, 0.3) is 11.1 Å². The van der Waals surface area contributed by atoms with Crippen LogP contribution in [0.3, 0.4) is 0 Å². The van der Waals surface area contributed by atoms with Gasteiger partial charge in [0.05, 0.1) is 23.0 Å². The van der Waals surface area contributed by atoms with Gasteiger partial charge in [-0.25, -0.2) is 0 Å². The summed E-state index contributed by atoms with van der Waals surface area (Å²) in [7, 11) is 0. The minimum Gasteiger partial charge on any atom is -0.345 e. The number of hydrogen-bond acceptors (Lipinski definition) is 4. The summed E-state index contributed by atoms with van der Waals surface area (Å²) < 4.78 is 1.73. The first kappa shape index (κ1) is 19.5. The zero-order valence-electron chi connectivity index (χ0n) is 15.5. The molecule has 4 N–H and O–H groups in total. The summed E-state index contributed by atoms with van der Waals surface area (Å²) in [5.74, 6) is -0.897. The molecule has 0 saturated carbocycles. The number of benzene rings is 2. The van der Waals surface area contributed by atoms with Gasteiger partial charge < -0.3 is 15.2 Å². The Morgan fingerprint density at radius 2 is 1.80 bits per heavy atom. The molecule has 4 aromatic rings. The number of rotatable bonds is 5. The Kier molecular flexibility index (Phi) is 5.11. The van der Waals surface area contributed by atoms with Crippen molar-refractivity contribution in [2.75, 3.05) is 11.9 Å². The van der Waals surface area contributed by atoms with Crippen molar-refractivity contribution < 1.29 is 9.59 Å². The number of halogens is 1. The van der Waals surface area contributed by atoms with E-state index in [-0.39, 0.29) is 35.5 Å². The Morgan fingerprint density at radius 3 is 2.63 bits per heavy atom. The fourth-order valence-electron chi connectivity index (χ4n) is 3.21. The van der Waals surface area contributed by atoms with Crippen LogP contribution < -0.4 is 21.8 Å². The summed E-state index contributed by atoms with van der Waals surface area (Å²) in [5, 5.41) is 11.3. The van der Waals surface area contributed by atoms with E-state index in [0.29, 0.717) is 5.02 Å². The normalized spacial score (nSPS) is 11.0. The van der Waals surface area contributed by atoms with Crippen LogP contribution in [0.4, 0.5) is 5.69 Å². The lowest BCUT2D eigenvalue weighted by molar-refractivity contribution is -0.124. The molecule has 9 nitrogen and oxygen atoms in total. The molecular formula is C20H16ClN5O4. The van der Waals surface area contributed by atoms with Crippen molar-refractivity contribution in [2.45, 2.75) is 6.54 Å². The molecule has 0 saturated heterocycles. The lowest BCUT2D eigenvalue weighted by Crippen LogP contribution is -2.35. The van der Waals surface area contributed by atoms with Crippen LogP contribution >= 0.6 is 11.6 Å². The van der Waals surface area contributed by atoms with E-state index in [2.05, 4.69) is 20.8 Å². The van der Waals surface area contributed by atoms with Crippen LogP contribution in [-0.2, 0) is 16.1 Å². The molecule has 0 aliphatic heterocycles. The maximum atomic E-state index is 12.3. The van der Waals surface area contributed by atoms with Crippen molar-refractivity contribution in [3.63, 3.8) is 0 Å². The molecule has 4 rings (SSSR count). The van der Waals surface area contributed by atoms with Gasteiger partial charge in [0.15, 0.2) is 0 Å². The van der Waals surface area contributed by atoms with E-state index >= 15 is 0 Å². The fourth-order valence-corrected chi connectivity index (χ4v) is 3.38. The van der Waals surface area contributed by atoms with Gasteiger partial charge in [-0.2, -0.15) is 0 Å². The van der Waals surface area contributed by atoms with Crippen LogP contribution in [0.25, 0.3) is 21.7 Å². The molecule has 2 heterocycles. The van der Waals surface area contributed by atoms with E-state index < -0.39 is 17.0 Å². The predicted octanol–water partition coefficient (Wildman–Crippen LogP) is 1.58. The molecule has 152 valence electrons. The van der Waals surface area contributed by atoms with Gasteiger partial charge in [-0.15, -0.1) is 0 Å². The zero-order valence-corrected chi connectivity index (χ0v) is 16.2. The molecule has 0 unspecified atom stereocenters. The van der Waals surface area contributed by atoms with E-state index in [9.17, 15) is 19.2 Å². The molecule has 0 fully saturated rings. The molecular weight excluding hydrogens is 410 g/mol. The maximum Gasteiger partial charge on any atom is 0.272 e. The number of amides is 2. The number of anilines is 1. The van der Waals surface area contributed by atoms with E-state index in [1.54, 1.807) is 29.0 Å². The van der Waals surface area contributed by atoms with Crippen molar-refractivity contribution in [2.24, 2.45) is 0 Å². The average molecular weight is 426 g/mol. The first-order chi connectivity index (χ1) is 14.4. The summed E-state index contributed by atoms with van der Waals surface area (Å²) in [4.78, 5) is 48.4. The second-order valence-electron chi connectivity index (χ2n) is 6.61. The van der Waals surface area contributed by atoms with Crippen molar-refractivity contribution in [3.05, 3.63) is 74.4 Å². The predicted molar refractivity (Wildman–Crippen MR) is 114 cm³/mol. The highest BCUT2D eigenvalue weighted by atomic mass is 35.5. The molecule has 0 radical (unpaired) electrons. The highest BCUT2D eigenvalue weighted by Gasteiger charge is 2.12. The first-order valence-corrected chi connectivity index (χ1v) is 9.35. The number of carbonyl (C=O) groups is 2.